The fourth-order valence-electron chi connectivity index (χ4n) is 3.91. The molecule has 8 nitrogen and oxygen atoms in total. The molecule has 3 heterocycles. The summed E-state index contributed by atoms with van der Waals surface area (Å²) < 4.78 is 6.83. The largest absolute Gasteiger partial charge is 0.422 e. The molecule has 2 aromatic carbocycles. The van der Waals surface area contributed by atoms with Gasteiger partial charge in [0.1, 0.15) is 5.52 Å². The van der Waals surface area contributed by atoms with Crippen molar-refractivity contribution >= 4 is 40.2 Å². The Morgan fingerprint density at radius 2 is 1.90 bits per heavy atom. The summed E-state index contributed by atoms with van der Waals surface area (Å²) in [5, 5.41) is 3.37. The molecule has 0 bridgehead atoms. The van der Waals surface area contributed by atoms with E-state index in [-0.39, 0.29) is 23.9 Å². The topological polar surface area (TPSA) is 101 Å². The lowest BCUT2D eigenvalue weighted by molar-refractivity contribution is -0.121. The molecule has 0 aliphatic carbocycles. The first-order chi connectivity index (χ1) is 14.8. The summed E-state index contributed by atoms with van der Waals surface area (Å²) in [5.41, 5.74) is 2.59. The summed E-state index contributed by atoms with van der Waals surface area (Å²) in [6.45, 7) is 3.51. The van der Waals surface area contributed by atoms with E-state index in [1.54, 1.807) is 43.3 Å². The highest BCUT2D eigenvalue weighted by Gasteiger charge is 2.43. The maximum Gasteiger partial charge on any atom is 0.325 e. The Bertz CT molecular complexity index is 1400. The highest BCUT2D eigenvalue weighted by atomic mass is 35.5. The van der Waals surface area contributed by atoms with E-state index >= 15 is 0 Å². The van der Waals surface area contributed by atoms with Gasteiger partial charge in [0.15, 0.2) is 5.58 Å². The zero-order valence-corrected chi connectivity index (χ0v) is 17.4. The highest BCUT2D eigenvalue weighted by Crippen LogP contribution is 2.34. The number of carbonyl (C=O) groups excluding carboxylic acids is 2. The molecule has 1 aliphatic heterocycles. The van der Waals surface area contributed by atoms with E-state index in [0.717, 1.165) is 15.1 Å². The van der Waals surface area contributed by atoms with Crippen molar-refractivity contribution in [1.82, 2.24) is 14.8 Å². The maximum absolute atomic E-state index is 13.2. The number of anilines is 1. The molecule has 1 N–H and O–H groups in total. The Balaban J connectivity index is 1.55. The van der Waals surface area contributed by atoms with Gasteiger partial charge in [-0.05, 0) is 43.7 Å². The van der Waals surface area contributed by atoms with Gasteiger partial charge < -0.3 is 4.42 Å². The third-order valence-corrected chi connectivity index (χ3v) is 5.91. The van der Waals surface area contributed by atoms with Gasteiger partial charge in [0.25, 0.3) is 5.56 Å². The second-order valence-electron chi connectivity index (χ2n) is 7.51. The quantitative estimate of drug-likeness (QED) is 0.494. The minimum Gasteiger partial charge on any atom is -0.422 e. The van der Waals surface area contributed by atoms with Crippen LogP contribution in [-0.4, -0.2) is 26.6 Å². The zero-order chi connectivity index (χ0) is 21.9. The fourth-order valence-corrected chi connectivity index (χ4v) is 4.08. The summed E-state index contributed by atoms with van der Waals surface area (Å²) in [5.74, 6) is -1.75. The summed E-state index contributed by atoms with van der Waals surface area (Å²) >= 11 is 6.17. The SMILES string of the molecule is Cc1ccc(N2C(=O)C[C@H](c3c(C)[nH]n(-c4nc5ccccc5o4)c3=O)C2=O)cc1Cl. The van der Waals surface area contributed by atoms with E-state index in [9.17, 15) is 14.4 Å². The third-order valence-electron chi connectivity index (χ3n) is 5.50. The van der Waals surface area contributed by atoms with Crippen LogP contribution in [0.2, 0.25) is 5.02 Å². The van der Waals surface area contributed by atoms with E-state index < -0.39 is 17.4 Å². The number of benzene rings is 2. The van der Waals surface area contributed by atoms with Crippen molar-refractivity contribution in [3.63, 3.8) is 0 Å². The Hall–Kier alpha value is -3.65. The van der Waals surface area contributed by atoms with E-state index in [1.165, 1.54) is 0 Å². The number of para-hydroxylation sites is 2. The van der Waals surface area contributed by atoms with Gasteiger partial charge in [-0.2, -0.15) is 9.67 Å². The Kier molecular flexibility index (Phi) is 4.33. The predicted octanol–water partition coefficient (Wildman–Crippen LogP) is 3.62. The summed E-state index contributed by atoms with van der Waals surface area (Å²) in [6, 6.07) is 12.2. The maximum atomic E-state index is 13.2. The first-order valence-corrected chi connectivity index (χ1v) is 10.0. The van der Waals surface area contributed by atoms with Gasteiger partial charge in [0.2, 0.25) is 11.8 Å². The number of aryl methyl sites for hydroxylation is 2. The number of nitrogens with one attached hydrogen (secondary N) is 1. The first-order valence-electron chi connectivity index (χ1n) is 9.65. The van der Waals surface area contributed by atoms with Gasteiger partial charge in [-0.25, -0.2) is 4.90 Å². The normalized spacial score (nSPS) is 16.6. The molecule has 0 unspecified atom stereocenters. The second kappa shape index (κ2) is 6.95. The van der Waals surface area contributed by atoms with Crippen LogP contribution < -0.4 is 10.5 Å². The van der Waals surface area contributed by atoms with Crippen molar-refractivity contribution in [3.8, 4) is 6.01 Å². The summed E-state index contributed by atoms with van der Waals surface area (Å²) in [4.78, 5) is 44.5. The lowest BCUT2D eigenvalue weighted by Gasteiger charge is -2.15. The van der Waals surface area contributed by atoms with Crippen LogP contribution in [0.5, 0.6) is 0 Å². The van der Waals surface area contributed by atoms with E-state index in [1.807, 2.05) is 13.0 Å². The molecule has 0 spiro atoms. The Morgan fingerprint density at radius 3 is 2.65 bits per heavy atom. The number of hydrogen-bond donors (Lipinski definition) is 1. The molecule has 31 heavy (non-hydrogen) atoms. The lowest BCUT2D eigenvalue weighted by atomic mass is 9.98. The number of nitrogens with zero attached hydrogens (tertiary/aromatic N) is 3. The molecule has 9 heteroatoms. The first kappa shape index (κ1) is 19.3. The second-order valence-corrected chi connectivity index (χ2v) is 7.92. The average Bonchev–Trinajstić information content (AvgIpc) is 3.37. The molecule has 0 radical (unpaired) electrons. The number of H-pyrrole nitrogens is 1. The highest BCUT2D eigenvalue weighted by molar-refractivity contribution is 6.32. The van der Waals surface area contributed by atoms with Crippen LogP contribution in [0.15, 0.2) is 51.7 Å². The van der Waals surface area contributed by atoms with E-state index in [4.69, 9.17) is 16.0 Å². The van der Waals surface area contributed by atoms with E-state index in [0.29, 0.717) is 27.5 Å². The molecule has 2 amide bonds. The molecule has 156 valence electrons. The van der Waals surface area contributed by atoms with Gasteiger partial charge in [-0.1, -0.05) is 29.8 Å². The van der Waals surface area contributed by atoms with Crippen molar-refractivity contribution in [3.05, 3.63) is 74.7 Å². The minimum absolute atomic E-state index is 0.0690. The van der Waals surface area contributed by atoms with Crippen molar-refractivity contribution < 1.29 is 14.0 Å². The number of amides is 2. The Labute approximate surface area is 181 Å². The standard InChI is InChI=1S/C22H17ClN4O4/c1-11-7-8-13(9-15(11)23)26-18(28)10-14(20(26)29)19-12(2)25-27(21(19)30)22-24-16-5-3-4-6-17(16)31-22/h3-9,14,25H,10H2,1-2H3/t14-/m1/s1. The number of rotatable bonds is 3. The smallest absolute Gasteiger partial charge is 0.325 e. The molecule has 4 aromatic rings. The van der Waals surface area contributed by atoms with Crippen LogP contribution in [0.25, 0.3) is 17.1 Å². The molecule has 1 atom stereocenters. The number of imide groups is 1. The van der Waals surface area contributed by atoms with Crippen molar-refractivity contribution in [2.45, 2.75) is 26.2 Å². The molecule has 1 aliphatic rings. The van der Waals surface area contributed by atoms with Crippen LogP contribution in [0.3, 0.4) is 0 Å². The van der Waals surface area contributed by atoms with Crippen molar-refractivity contribution in [2.24, 2.45) is 0 Å². The number of fused-ring (bicyclic) bond motifs is 1. The molecule has 2 aromatic heterocycles. The number of carbonyl (C=O) groups is 2. The Morgan fingerprint density at radius 1 is 1.13 bits per heavy atom. The minimum atomic E-state index is -0.901. The van der Waals surface area contributed by atoms with Crippen molar-refractivity contribution in [2.75, 3.05) is 4.90 Å². The van der Waals surface area contributed by atoms with E-state index in [2.05, 4.69) is 10.1 Å². The van der Waals surface area contributed by atoms with Crippen molar-refractivity contribution in [1.29, 1.82) is 0 Å². The van der Waals surface area contributed by atoms with Gasteiger partial charge in [-0.3, -0.25) is 19.5 Å². The number of aromatic amines is 1. The van der Waals surface area contributed by atoms with Crippen LogP contribution in [-0.2, 0) is 9.59 Å². The summed E-state index contributed by atoms with van der Waals surface area (Å²) in [6.07, 6.45) is -0.105. The van der Waals surface area contributed by atoms with Gasteiger partial charge in [0.05, 0.1) is 17.2 Å². The summed E-state index contributed by atoms with van der Waals surface area (Å²) in [7, 11) is 0. The molecule has 1 saturated heterocycles. The molecule has 0 saturated carbocycles. The molecular formula is C22H17ClN4O4. The van der Waals surface area contributed by atoms with Gasteiger partial charge >= 0.3 is 6.01 Å². The number of oxazole rings is 1. The lowest BCUT2D eigenvalue weighted by Crippen LogP contribution is -2.31. The predicted molar refractivity (Wildman–Crippen MR) is 115 cm³/mol. The number of aromatic nitrogens is 3. The van der Waals surface area contributed by atoms with Gasteiger partial charge in [-0.15, -0.1) is 0 Å². The number of halogens is 1. The number of hydrogen-bond acceptors (Lipinski definition) is 5. The zero-order valence-electron chi connectivity index (χ0n) is 16.7. The molecular weight excluding hydrogens is 420 g/mol. The molecule has 5 rings (SSSR count). The average molecular weight is 437 g/mol. The fraction of sp³-hybridized carbons (Fsp3) is 0.182. The van der Waals surface area contributed by atoms with Crippen LogP contribution >= 0.6 is 11.6 Å². The van der Waals surface area contributed by atoms with Crippen LogP contribution in [0, 0.1) is 13.8 Å². The van der Waals surface area contributed by atoms with Crippen LogP contribution in [0.1, 0.15) is 29.2 Å². The third kappa shape index (κ3) is 2.98. The molecule has 1 fully saturated rings. The monoisotopic (exact) mass is 436 g/mol. The van der Waals surface area contributed by atoms with Gasteiger partial charge in [0, 0.05) is 17.1 Å². The van der Waals surface area contributed by atoms with Crippen LogP contribution in [0.4, 0.5) is 5.69 Å².